The molecular formula is C10H18N4O3. The maximum absolute atomic E-state index is 11.4. The molecule has 1 aromatic heterocycles. The third-order valence-corrected chi connectivity index (χ3v) is 1.72. The molecule has 1 rings (SSSR count). The molecule has 7 heteroatoms. The highest BCUT2D eigenvalue weighted by Crippen LogP contribution is 2.09. The topological polar surface area (TPSA) is 100 Å². The highest BCUT2D eigenvalue weighted by Gasteiger charge is 2.17. The molecule has 0 unspecified atom stereocenters. The first kappa shape index (κ1) is 13.4. The number of hydrogen-bond acceptors (Lipinski definition) is 5. The fraction of sp³-hybridized carbons (Fsp3) is 0.700. The van der Waals surface area contributed by atoms with Gasteiger partial charge in [-0.3, -0.25) is 10.4 Å². The van der Waals surface area contributed by atoms with Crippen LogP contribution in [0.3, 0.4) is 0 Å². The Balaban J connectivity index is 2.46. The van der Waals surface area contributed by atoms with E-state index in [1.807, 2.05) is 0 Å². The number of aromatic nitrogens is 3. The summed E-state index contributed by atoms with van der Waals surface area (Å²) in [5.74, 6) is 0.789. The minimum absolute atomic E-state index is 0.0928. The zero-order valence-electron chi connectivity index (χ0n) is 10.3. The number of nitrogens with one attached hydrogen (secondary N) is 2. The van der Waals surface area contributed by atoms with Gasteiger partial charge in [0.25, 0.3) is 5.95 Å². The first-order valence-electron chi connectivity index (χ1n) is 5.43. The van der Waals surface area contributed by atoms with Crippen LogP contribution in [0.4, 0.5) is 10.7 Å². The summed E-state index contributed by atoms with van der Waals surface area (Å²) in [6.07, 6.45) is 0.589. The van der Waals surface area contributed by atoms with E-state index in [2.05, 4.69) is 20.5 Å². The second-order valence-corrected chi connectivity index (χ2v) is 4.56. The molecule has 1 amide bonds. The van der Waals surface area contributed by atoms with Gasteiger partial charge in [-0.05, 0) is 27.2 Å². The lowest BCUT2D eigenvalue weighted by molar-refractivity contribution is 0.0634. The number of aliphatic hydroxyl groups excluding tert-OH is 1. The first-order valence-corrected chi connectivity index (χ1v) is 5.43. The van der Waals surface area contributed by atoms with E-state index in [0.717, 1.165) is 0 Å². The van der Waals surface area contributed by atoms with E-state index in [4.69, 9.17) is 9.84 Å². The number of aryl methyl sites for hydroxylation is 1. The van der Waals surface area contributed by atoms with Crippen LogP contribution in [0.15, 0.2) is 0 Å². The van der Waals surface area contributed by atoms with Crippen molar-refractivity contribution in [3.8, 4) is 0 Å². The van der Waals surface area contributed by atoms with Crippen molar-refractivity contribution in [2.24, 2.45) is 0 Å². The number of carbonyl (C=O) groups excluding carboxylic acids is 1. The van der Waals surface area contributed by atoms with E-state index >= 15 is 0 Å². The highest BCUT2D eigenvalue weighted by molar-refractivity contribution is 5.82. The number of rotatable bonds is 4. The van der Waals surface area contributed by atoms with Crippen LogP contribution in [0.1, 0.15) is 33.0 Å². The summed E-state index contributed by atoms with van der Waals surface area (Å²) < 4.78 is 5.05. The van der Waals surface area contributed by atoms with Gasteiger partial charge in [-0.1, -0.05) is 0 Å². The number of ether oxygens (including phenoxy) is 1. The Bertz CT molecular complexity index is 370. The lowest BCUT2D eigenvalue weighted by atomic mass is 10.2. The lowest BCUT2D eigenvalue weighted by Gasteiger charge is -2.18. The van der Waals surface area contributed by atoms with Crippen molar-refractivity contribution in [2.45, 2.75) is 39.2 Å². The van der Waals surface area contributed by atoms with Crippen LogP contribution in [-0.2, 0) is 11.2 Å². The summed E-state index contributed by atoms with van der Waals surface area (Å²) in [5, 5.41) is 17.5. The Kier molecular flexibility index (Phi) is 4.45. The predicted molar refractivity (Wildman–Crippen MR) is 61.6 cm³/mol. The summed E-state index contributed by atoms with van der Waals surface area (Å²) in [7, 11) is 0. The van der Waals surface area contributed by atoms with Crippen molar-refractivity contribution in [1.29, 1.82) is 0 Å². The molecule has 1 heterocycles. The monoisotopic (exact) mass is 242 g/mol. The van der Waals surface area contributed by atoms with Gasteiger partial charge in [0, 0.05) is 13.0 Å². The van der Waals surface area contributed by atoms with Crippen LogP contribution in [0, 0.1) is 0 Å². The molecule has 0 aliphatic rings. The number of hydrogen-bond donors (Lipinski definition) is 3. The molecule has 17 heavy (non-hydrogen) atoms. The van der Waals surface area contributed by atoms with Gasteiger partial charge in [-0.25, -0.2) is 4.79 Å². The van der Waals surface area contributed by atoms with Gasteiger partial charge < -0.3 is 9.84 Å². The van der Waals surface area contributed by atoms with Crippen LogP contribution in [0.2, 0.25) is 0 Å². The Morgan fingerprint density at radius 3 is 2.82 bits per heavy atom. The number of aliphatic hydroxyl groups is 1. The average molecular weight is 242 g/mol. The third-order valence-electron chi connectivity index (χ3n) is 1.72. The molecule has 0 atom stereocenters. The summed E-state index contributed by atoms with van der Waals surface area (Å²) in [6, 6.07) is 0. The van der Waals surface area contributed by atoms with E-state index in [0.29, 0.717) is 18.7 Å². The van der Waals surface area contributed by atoms with Crippen molar-refractivity contribution in [1.82, 2.24) is 15.2 Å². The van der Waals surface area contributed by atoms with Crippen LogP contribution in [0.5, 0.6) is 0 Å². The summed E-state index contributed by atoms with van der Waals surface area (Å²) in [4.78, 5) is 15.4. The van der Waals surface area contributed by atoms with Crippen LogP contribution < -0.4 is 5.32 Å². The van der Waals surface area contributed by atoms with E-state index in [1.165, 1.54) is 0 Å². The number of amides is 1. The number of anilines is 1. The van der Waals surface area contributed by atoms with Gasteiger partial charge in [0.2, 0.25) is 0 Å². The van der Waals surface area contributed by atoms with E-state index in [9.17, 15) is 4.79 Å². The molecule has 3 N–H and O–H groups in total. The smallest absolute Gasteiger partial charge is 0.414 e. The van der Waals surface area contributed by atoms with Crippen molar-refractivity contribution in [2.75, 3.05) is 11.9 Å². The van der Waals surface area contributed by atoms with Crippen LogP contribution in [0.25, 0.3) is 0 Å². The molecule has 0 aliphatic heterocycles. The molecule has 1 aromatic rings. The van der Waals surface area contributed by atoms with Gasteiger partial charge >= 0.3 is 6.09 Å². The van der Waals surface area contributed by atoms with Crippen LogP contribution in [-0.4, -0.2) is 38.6 Å². The van der Waals surface area contributed by atoms with E-state index in [-0.39, 0.29) is 12.6 Å². The van der Waals surface area contributed by atoms with Crippen molar-refractivity contribution in [3.05, 3.63) is 5.82 Å². The van der Waals surface area contributed by atoms with Gasteiger partial charge in [0.15, 0.2) is 0 Å². The number of carbonyl (C=O) groups is 1. The fourth-order valence-corrected chi connectivity index (χ4v) is 1.10. The van der Waals surface area contributed by atoms with Gasteiger partial charge in [-0.15, -0.1) is 5.10 Å². The normalized spacial score (nSPS) is 11.3. The zero-order valence-corrected chi connectivity index (χ0v) is 10.3. The molecule has 0 saturated carbocycles. The van der Waals surface area contributed by atoms with Gasteiger partial charge in [-0.2, -0.15) is 4.98 Å². The Morgan fingerprint density at radius 1 is 1.53 bits per heavy atom. The zero-order chi connectivity index (χ0) is 12.9. The van der Waals surface area contributed by atoms with Crippen molar-refractivity contribution < 1.29 is 14.6 Å². The third kappa shape index (κ3) is 5.30. The number of H-pyrrole nitrogens is 1. The number of nitrogens with zero attached hydrogens (tertiary/aromatic N) is 2. The second kappa shape index (κ2) is 5.62. The summed E-state index contributed by atoms with van der Waals surface area (Å²) in [5.41, 5.74) is -0.555. The molecule has 7 nitrogen and oxygen atoms in total. The van der Waals surface area contributed by atoms with Crippen molar-refractivity contribution in [3.63, 3.8) is 0 Å². The molecule has 0 radical (unpaired) electrons. The van der Waals surface area contributed by atoms with E-state index < -0.39 is 11.7 Å². The molecule has 0 aliphatic carbocycles. The Morgan fingerprint density at radius 2 is 2.24 bits per heavy atom. The second-order valence-electron chi connectivity index (χ2n) is 4.56. The molecule has 0 bridgehead atoms. The first-order chi connectivity index (χ1) is 7.90. The maximum Gasteiger partial charge on any atom is 0.414 e. The van der Waals surface area contributed by atoms with Crippen LogP contribution >= 0.6 is 0 Å². The quantitative estimate of drug-likeness (QED) is 0.733. The van der Waals surface area contributed by atoms with E-state index in [1.54, 1.807) is 20.8 Å². The summed E-state index contributed by atoms with van der Waals surface area (Å²) >= 11 is 0. The summed E-state index contributed by atoms with van der Waals surface area (Å²) in [6.45, 7) is 5.42. The molecule has 0 aromatic carbocycles. The average Bonchev–Trinajstić information content (AvgIpc) is 2.59. The fourth-order valence-electron chi connectivity index (χ4n) is 1.10. The molecular weight excluding hydrogens is 224 g/mol. The molecule has 0 fully saturated rings. The highest BCUT2D eigenvalue weighted by atomic mass is 16.6. The predicted octanol–water partition coefficient (Wildman–Crippen LogP) is 1.08. The minimum atomic E-state index is -0.592. The standard InChI is InChI=1S/C10H18N4O3/c1-10(2,3)17-9(16)12-8-11-7(13-14-8)5-4-6-15/h15H,4-6H2,1-3H3,(H2,11,12,13,14,16). The molecule has 0 spiro atoms. The van der Waals surface area contributed by atoms with Gasteiger partial charge in [0.05, 0.1) is 0 Å². The van der Waals surface area contributed by atoms with Gasteiger partial charge in [0.1, 0.15) is 11.4 Å². The van der Waals surface area contributed by atoms with Crippen molar-refractivity contribution >= 4 is 12.0 Å². The molecule has 0 saturated heterocycles. The SMILES string of the molecule is CC(C)(C)OC(=O)Nc1n[nH]c(CCCO)n1. The number of aromatic amines is 1. The minimum Gasteiger partial charge on any atom is -0.444 e. The largest absolute Gasteiger partial charge is 0.444 e. The molecule has 96 valence electrons. The lowest BCUT2D eigenvalue weighted by Crippen LogP contribution is -2.27. The maximum atomic E-state index is 11.4. The Hall–Kier alpha value is -1.63. The Labute approximate surface area is 99.6 Å².